The Hall–Kier alpha value is -2.09. The molecule has 1 amide bonds. The maximum Gasteiger partial charge on any atom is 0.328 e. The first-order valence-electron chi connectivity index (χ1n) is 8.30. The first-order chi connectivity index (χ1) is 11.7. The highest BCUT2D eigenvalue weighted by molar-refractivity contribution is 6.25. The summed E-state index contributed by atoms with van der Waals surface area (Å²) in [6, 6.07) is -1.06. The topological polar surface area (TPSA) is 132 Å². The molecule has 1 aliphatic rings. The van der Waals surface area contributed by atoms with Gasteiger partial charge in [0.25, 0.3) is 5.91 Å². The van der Waals surface area contributed by atoms with Gasteiger partial charge in [-0.15, -0.1) is 0 Å². The van der Waals surface area contributed by atoms with Gasteiger partial charge in [0.15, 0.2) is 0 Å². The number of aliphatic hydroxyl groups is 1. The standard InChI is InChI=1S/C16H26N4O5/c1-11(2)25-14(22)13(5-4-12(21)10-18-17)19-15(23)16(24)6-8-20(3)9-7-16/h10-11,13,24H,4-9H2,1-3H3,(H,19,23)/t13-/m0/s1. The number of nitrogens with zero attached hydrogens (tertiary/aromatic N) is 3. The van der Waals surface area contributed by atoms with Gasteiger partial charge in [0, 0.05) is 19.5 Å². The number of likely N-dealkylation sites (tertiary alicyclic amines) is 1. The van der Waals surface area contributed by atoms with Gasteiger partial charge in [-0.25, -0.2) is 4.79 Å². The van der Waals surface area contributed by atoms with Gasteiger partial charge in [0.1, 0.15) is 11.6 Å². The SMILES string of the molecule is CC(C)OC(=O)[C@H](CCC(=O)C=[N+]=[N-])NC(=O)C1(O)CCN(C)CC1. The van der Waals surface area contributed by atoms with Crippen molar-refractivity contribution in [1.82, 2.24) is 10.2 Å². The summed E-state index contributed by atoms with van der Waals surface area (Å²) in [6.07, 6.45) is 0.751. The van der Waals surface area contributed by atoms with E-state index in [0.29, 0.717) is 13.1 Å². The number of hydrogen-bond acceptors (Lipinski definition) is 6. The molecule has 0 unspecified atom stereocenters. The number of nitrogens with one attached hydrogen (secondary N) is 1. The van der Waals surface area contributed by atoms with Gasteiger partial charge in [-0.05, 0) is 40.2 Å². The predicted molar refractivity (Wildman–Crippen MR) is 88.8 cm³/mol. The molecule has 0 aromatic rings. The molecular formula is C16H26N4O5. The Bertz CT molecular complexity index is 549. The van der Waals surface area contributed by atoms with Crippen molar-refractivity contribution < 1.29 is 29.0 Å². The van der Waals surface area contributed by atoms with E-state index in [-0.39, 0.29) is 31.8 Å². The summed E-state index contributed by atoms with van der Waals surface area (Å²) in [6.45, 7) is 4.47. The van der Waals surface area contributed by atoms with Gasteiger partial charge in [0.2, 0.25) is 5.78 Å². The Morgan fingerprint density at radius 3 is 2.48 bits per heavy atom. The Morgan fingerprint density at radius 2 is 1.96 bits per heavy atom. The number of carbonyl (C=O) groups excluding carboxylic acids is 3. The predicted octanol–water partition coefficient (Wildman–Crippen LogP) is -0.471. The van der Waals surface area contributed by atoms with Crippen molar-refractivity contribution in [2.24, 2.45) is 0 Å². The van der Waals surface area contributed by atoms with Gasteiger partial charge in [0.05, 0.1) is 6.10 Å². The summed E-state index contributed by atoms with van der Waals surface area (Å²) in [5.74, 6) is -1.81. The second kappa shape index (κ2) is 9.41. The van der Waals surface area contributed by atoms with E-state index >= 15 is 0 Å². The van der Waals surface area contributed by atoms with E-state index in [9.17, 15) is 19.5 Å². The molecular weight excluding hydrogens is 328 g/mol. The molecule has 2 N–H and O–H groups in total. The molecule has 0 spiro atoms. The van der Waals surface area contributed by atoms with Crippen LogP contribution in [0.3, 0.4) is 0 Å². The van der Waals surface area contributed by atoms with Gasteiger partial charge < -0.3 is 25.6 Å². The summed E-state index contributed by atoms with van der Waals surface area (Å²) in [5.41, 5.74) is 6.81. The molecule has 1 fully saturated rings. The number of esters is 1. The van der Waals surface area contributed by atoms with E-state index in [1.807, 2.05) is 11.9 Å². The molecule has 0 aromatic carbocycles. The number of ether oxygens (including phenoxy) is 1. The fourth-order valence-electron chi connectivity index (χ4n) is 2.49. The van der Waals surface area contributed by atoms with Crippen molar-refractivity contribution in [2.45, 2.75) is 57.3 Å². The molecule has 0 aromatic heterocycles. The lowest BCUT2D eigenvalue weighted by Gasteiger charge is -2.36. The number of ketones is 1. The molecule has 9 nitrogen and oxygen atoms in total. The molecule has 140 valence electrons. The fraction of sp³-hybridized carbons (Fsp3) is 0.750. The Kier molecular flexibility index (Phi) is 7.89. The highest BCUT2D eigenvalue weighted by Crippen LogP contribution is 2.22. The van der Waals surface area contributed by atoms with E-state index in [1.165, 1.54) is 0 Å². The van der Waals surface area contributed by atoms with Gasteiger partial charge in [-0.2, -0.15) is 4.79 Å². The van der Waals surface area contributed by atoms with Gasteiger partial charge >= 0.3 is 12.2 Å². The summed E-state index contributed by atoms with van der Waals surface area (Å²) in [4.78, 5) is 40.7. The molecule has 25 heavy (non-hydrogen) atoms. The summed E-state index contributed by atoms with van der Waals surface area (Å²) in [5, 5.41) is 13.0. The zero-order valence-corrected chi connectivity index (χ0v) is 14.9. The van der Waals surface area contributed by atoms with Crippen LogP contribution in [-0.4, -0.2) is 76.6 Å². The van der Waals surface area contributed by atoms with Gasteiger partial charge in [-0.1, -0.05) is 0 Å². The van der Waals surface area contributed by atoms with Crippen LogP contribution >= 0.6 is 0 Å². The maximum atomic E-state index is 12.5. The van der Waals surface area contributed by atoms with E-state index in [4.69, 9.17) is 10.3 Å². The van der Waals surface area contributed by atoms with Crippen molar-refractivity contribution in [2.75, 3.05) is 20.1 Å². The minimum absolute atomic E-state index is 0.0157. The summed E-state index contributed by atoms with van der Waals surface area (Å²) in [7, 11) is 1.90. The number of amides is 1. The Labute approximate surface area is 146 Å². The smallest absolute Gasteiger partial charge is 0.328 e. The first kappa shape index (κ1) is 21.0. The monoisotopic (exact) mass is 354 g/mol. The second-order valence-corrected chi connectivity index (χ2v) is 6.60. The van der Waals surface area contributed by atoms with Crippen LogP contribution in [-0.2, 0) is 19.1 Å². The molecule has 0 aliphatic carbocycles. The average molecular weight is 354 g/mol. The number of hydrogen-bond donors (Lipinski definition) is 2. The average Bonchev–Trinajstić information content (AvgIpc) is 2.53. The lowest BCUT2D eigenvalue weighted by molar-refractivity contribution is -0.156. The van der Waals surface area contributed by atoms with Crippen LogP contribution < -0.4 is 5.32 Å². The highest BCUT2D eigenvalue weighted by Gasteiger charge is 2.40. The lowest BCUT2D eigenvalue weighted by Crippen LogP contribution is -2.56. The van der Waals surface area contributed by atoms with Crippen molar-refractivity contribution in [3.05, 3.63) is 5.53 Å². The van der Waals surface area contributed by atoms with Crippen molar-refractivity contribution in [3.8, 4) is 0 Å². The van der Waals surface area contributed by atoms with Crippen LogP contribution in [0.5, 0.6) is 0 Å². The van der Waals surface area contributed by atoms with Crippen molar-refractivity contribution in [1.29, 1.82) is 0 Å². The van der Waals surface area contributed by atoms with Crippen LogP contribution in [0.4, 0.5) is 0 Å². The quantitative estimate of drug-likeness (QED) is 0.262. The molecule has 1 rings (SSSR count). The maximum absolute atomic E-state index is 12.5. The first-order valence-corrected chi connectivity index (χ1v) is 8.30. The molecule has 0 bridgehead atoms. The van der Waals surface area contributed by atoms with E-state index in [1.54, 1.807) is 13.8 Å². The summed E-state index contributed by atoms with van der Waals surface area (Å²) < 4.78 is 5.10. The minimum Gasteiger partial charge on any atom is -0.461 e. The van der Waals surface area contributed by atoms with E-state index in [2.05, 4.69) is 10.1 Å². The van der Waals surface area contributed by atoms with Crippen LogP contribution in [0.1, 0.15) is 39.5 Å². The number of rotatable bonds is 8. The van der Waals surface area contributed by atoms with E-state index < -0.39 is 29.3 Å². The highest BCUT2D eigenvalue weighted by atomic mass is 16.5. The third-order valence-corrected chi connectivity index (χ3v) is 4.06. The van der Waals surface area contributed by atoms with E-state index in [0.717, 1.165) is 6.21 Å². The second-order valence-electron chi connectivity index (χ2n) is 6.60. The zero-order valence-electron chi connectivity index (χ0n) is 14.9. The normalized spacial score (nSPS) is 18.1. The molecule has 9 heteroatoms. The lowest BCUT2D eigenvalue weighted by atomic mass is 9.90. The summed E-state index contributed by atoms with van der Waals surface area (Å²) >= 11 is 0. The molecule has 1 aliphatic heterocycles. The largest absolute Gasteiger partial charge is 0.461 e. The number of piperidine rings is 1. The van der Waals surface area contributed by atoms with Crippen LogP contribution in [0, 0.1) is 0 Å². The van der Waals surface area contributed by atoms with Crippen LogP contribution in [0.25, 0.3) is 5.53 Å². The Balaban J connectivity index is 2.77. The third kappa shape index (κ3) is 6.74. The third-order valence-electron chi connectivity index (χ3n) is 4.06. The fourth-order valence-corrected chi connectivity index (χ4v) is 2.49. The zero-order chi connectivity index (χ0) is 19.0. The molecule has 1 heterocycles. The number of carbonyl (C=O) groups is 3. The van der Waals surface area contributed by atoms with Crippen molar-refractivity contribution in [3.63, 3.8) is 0 Å². The molecule has 0 saturated carbocycles. The minimum atomic E-state index is -1.54. The number of Topliss-reactive ketones (excluding diaryl/α,β-unsaturated/α-hetero) is 1. The van der Waals surface area contributed by atoms with Crippen LogP contribution in [0.15, 0.2) is 0 Å². The Morgan fingerprint density at radius 1 is 1.36 bits per heavy atom. The molecule has 1 saturated heterocycles. The molecule has 0 radical (unpaired) electrons. The van der Waals surface area contributed by atoms with Gasteiger partial charge in [-0.3, -0.25) is 9.59 Å². The van der Waals surface area contributed by atoms with Crippen molar-refractivity contribution >= 4 is 23.9 Å². The van der Waals surface area contributed by atoms with Crippen LogP contribution in [0.2, 0.25) is 0 Å². The molecule has 1 atom stereocenters.